The lowest BCUT2D eigenvalue weighted by atomic mass is 10.0. The van der Waals surface area contributed by atoms with Crippen LogP contribution in [-0.2, 0) is 4.74 Å². The Kier molecular flexibility index (Phi) is 9.65. The van der Waals surface area contributed by atoms with Gasteiger partial charge in [0, 0.05) is 24.7 Å². The summed E-state index contributed by atoms with van der Waals surface area (Å²) in [5, 5.41) is 3.82. The molecule has 24 heavy (non-hydrogen) atoms. The van der Waals surface area contributed by atoms with Gasteiger partial charge in [0.15, 0.2) is 5.96 Å². The first-order valence-electron chi connectivity index (χ1n) is 7.82. The van der Waals surface area contributed by atoms with Crippen LogP contribution in [0.1, 0.15) is 18.5 Å². The molecule has 1 saturated heterocycles. The van der Waals surface area contributed by atoms with Crippen LogP contribution in [0.3, 0.4) is 0 Å². The topological polar surface area (TPSA) is 62.9 Å². The molecular formula is C17H26ClIN4O. The number of guanidine groups is 1. The number of ether oxygens (including phenoxy) is 1. The molecule has 0 aromatic heterocycles. The van der Waals surface area contributed by atoms with Crippen molar-refractivity contribution in [2.45, 2.75) is 13.0 Å². The Morgan fingerprint density at radius 2 is 2.08 bits per heavy atom. The summed E-state index contributed by atoms with van der Waals surface area (Å²) in [6.45, 7) is 10.2. The highest BCUT2D eigenvalue weighted by Crippen LogP contribution is 2.28. The Morgan fingerprint density at radius 1 is 1.42 bits per heavy atom. The van der Waals surface area contributed by atoms with Gasteiger partial charge in [-0.05, 0) is 18.6 Å². The van der Waals surface area contributed by atoms with Gasteiger partial charge in [-0.2, -0.15) is 0 Å². The second kappa shape index (κ2) is 10.9. The number of hydrogen-bond donors (Lipinski definition) is 2. The number of aliphatic imine (C=N–C) groups is 1. The van der Waals surface area contributed by atoms with Gasteiger partial charge in [0.25, 0.3) is 0 Å². The number of nitrogens with one attached hydrogen (secondary N) is 1. The molecular weight excluding hydrogens is 439 g/mol. The molecule has 0 amide bonds. The van der Waals surface area contributed by atoms with Crippen LogP contribution in [0.25, 0.3) is 0 Å². The highest BCUT2D eigenvalue weighted by molar-refractivity contribution is 14.0. The number of rotatable bonds is 6. The first-order valence-corrected chi connectivity index (χ1v) is 8.20. The fourth-order valence-corrected chi connectivity index (χ4v) is 2.79. The molecule has 1 aliphatic rings. The summed E-state index contributed by atoms with van der Waals surface area (Å²) in [7, 11) is 0. The van der Waals surface area contributed by atoms with Gasteiger partial charge in [0.2, 0.25) is 0 Å². The van der Waals surface area contributed by atoms with E-state index in [1.807, 2.05) is 25.1 Å². The normalized spacial score (nSPS) is 17.0. The largest absolute Gasteiger partial charge is 0.379 e. The van der Waals surface area contributed by atoms with E-state index in [2.05, 4.69) is 27.9 Å². The zero-order valence-corrected chi connectivity index (χ0v) is 17.1. The third-order valence-electron chi connectivity index (χ3n) is 3.76. The van der Waals surface area contributed by atoms with E-state index in [0.29, 0.717) is 19.0 Å². The summed E-state index contributed by atoms with van der Waals surface area (Å²) in [5.41, 5.74) is 8.03. The van der Waals surface area contributed by atoms with E-state index >= 15 is 0 Å². The lowest BCUT2D eigenvalue weighted by Crippen LogP contribution is -2.41. The molecule has 2 rings (SSSR count). The van der Waals surface area contributed by atoms with E-state index in [1.165, 1.54) is 0 Å². The van der Waals surface area contributed by atoms with Crippen molar-refractivity contribution in [3.05, 3.63) is 47.0 Å². The van der Waals surface area contributed by atoms with Crippen LogP contribution >= 0.6 is 35.6 Å². The maximum absolute atomic E-state index is 6.39. The molecule has 7 heteroatoms. The van der Waals surface area contributed by atoms with Crippen molar-refractivity contribution >= 4 is 41.5 Å². The minimum atomic E-state index is 0. The summed E-state index contributed by atoms with van der Waals surface area (Å²) in [5.74, 6) is 0.429. The molecule has 1 atom stereocenters. The number of nitrogens with two attached hydrogens (primary N) is 1. The van der Waals surface area contributed by atoms with Crippen molar-refractivity contribution < 1.29 is 4.74 Å². The lowest BCUT2D eigenvalue weighted by Gasteiger charge is -2.34. The van der Waals surface area contributed by atoms with Crippen molar-refractivity contribution in [3.63, 3.8) is 0 Å². The van der Waals surface area contributed by atoms with Gasteiger partial charge in [0.1, 0.15) is 0 Å². The molecule has 1 aromatic carbocycles. The van der Waals surface area contributed by atoms with E-state index < -0.39 is 0 Å². The van der Waals surface area contributed by atoms with Crippen molar-refractivity contribution in [1.82, 2.24) is 10.2 Å². The summed E-state index contributed by atoms with van der Waals surface area (Å²) in [4.78, 5) is 6.84. The Labute approximate surface area is 166 Å². The molecule has 0 saturated carbocycles. The van der Waals surface area contributed by atoms with Gasteiger partial charge < -0.3 is 15.8 Å². The summed E-state index contributed by atoms with van der Waals surface area (Å²) >= 11 is 6.39. The fraction of sp³-hybridized carbons (Fsp3) is 0.471. The van der Waals surface area contributed by atoms with Gasteiger partial charge in [-0.25, -0.2) is 0 Å². The molecule has 1 aliphatic heterocycles. The third kappa shape index (κ3) is 6.58. The smallest absolute Gasteiger partial charge is 0.188 e. The molecule has 134 valence electrons. The van der Waals surface area contributed by atoms with E-state index in [0.717, 1.165) is 42.5 Å². The van der Waals surface area contributed by atoms with E-state index in [9.17, 15) is 0 Å². The summed E-state index contributed by atoms with van der Waals surface area (Å²) in [6.07, 6.45) is 0. The minimum absolute atomic E-state index is 0. The molecule has 1 heterocycles. The number of halogens is 2. The number of morpholine rings is 1. The first-order chi connectivity index (χ1) is 11.1. The van der Waals surface area contributed by atoms with Gasteiger partial charge in [0.05, 0.1) is 25.8 Å². The second-order valence-corrected chi connectivity index (χ2v) is 6.13. The van der Waals surface area contributed by atoms with Crippen LogP contribution in [0.5, 0.6) is 0 Å². The molecule has 5 nitrogen and oxygen atoms in total. The average molecular weight is 465 g/mol. The maximum Gasteiger partial charge on any atom is 0.188 e. The van der Waals surface area contributed by atoms with Crippen LogP contribution in [-0.4, -0.2) is 50.3 Å². The quantitative estimate of drug-likeness (QED) is 0.294. The standard InChI is InChI=1S/C17H25ClN4O.HI/c1-13(2)11-20-17(19)21-12-16(22-7-9-23-10-8-22)14-5-3-4-6-15(14)18;/h3-6,16H,1,7-12H2,2H3,(H3,19,20,21);1H. The van der Waals surface area contributed by atoms with Gasteiger partial charge in [-0.3, -0.25) is 9.89 Å². The first kappa shape index (κ1) is 21.2. The number of benzene rings is 1. The Hall–Kier alpha value is -0.830. The number of hydrogen-bond acceptors (Lipinski definition) is 3. The highest BCUT2D eigenvalue weighted by atomic mass is 127. The summed E-state index contributed by atoms with van der Waals surface area (Å²) in [6, 6.07) is 8.00. The average Bonchev–Trinajstić information content (AvgIpc) is 2.55. The van der Waals surface area contributed by atoms with Crippen molar-refractivity contribution in [3.8, 4) is 0 Å². The molecule has 0 aliphatic carbocycles. The third-order valence-corrected chi connectivity index (χ3v) is 4.10. The van der Waals surface area contributed by atoms with E-state index in [4.69, 9.17) is 22.1 Å². The summed E-state index contributed by atoms with van der Waals surface area (Å²) < 4.78 is 5.45. The second-order valence-electron chi connectivity index (χ2n) is 5.72. The lowest BCUT2D eigenvalue weighted by molar-refractivity contribution is 0.0180. The zero-order chi connectivity index (χ0) is 16.7. The SMILES string of the molecule is C=C(C)CNC(N)=NCC(c1ccccc1Cl)N1CCOCC1.I. The molecule has 3 N–H and O–H groups in total. The van der Waals surface area contributed by atoms with Crippen LogP contribution in [0.2, 0.25) is 5.02 Å². The van der Waals surface area contributed by atoms with Crippen molar-refractivity contribution in [2.24, 2.45) is 10.7 Å². The number of nitrogens with zero attached hydrogens (tertiary/aromatic N) is 2. The maximum atomic E-state index is 6.39. The van der Waals surface area contributed by atoms with Gasteiger partial charge >= 0.3 is 0 Å². The fourth-order valence-electron chi connectivity index (χ4n) is 2.53. The van der Waals surface area contributed by atoms with Crippen molar-refractivity contribution in [2.75, 3.05) is 39.4 Å². The minimum Gasteiger partial charge on any atom is -0.379 e. The van der Waals surface area contributed by atoms with Crippen molar-refractivity contribution in [1.29, 1.82) is 0 Å². The zero-order valence-electron chi connectivity index (χ0n) is 14.0. The Bertz CT molecular complexity index is 561. The van der Waals surface area contributed by atoms with E-state index in [-0.39, 0.29) is 30.0 Å². The molecule has 0 radical (unpaired) electrons. The Balaban J connectivity index is 0.00000288. The molecule has 0 bridgehead atoms. The monoisotopic (exact) mass is 464 g/mol. The van der Waals surface area contributed by atoms with E-state index in [1.54, 1.807) is 0 Å². The van der Waals surface area contributed by atoms with Gasteiger partial charge in [-0.1, -0.05) is 42.0 Å². The molecule has 1 unspecified atom stereocenters. The van der Waals surface area contributed by atoms with Crippen LogP contribution in [0.15, 0.2) is 41.4 Å². The predicted octanol–water partition coefficient (Wildman–Crippen LogP) is 2.81. The van der Waals surface area contributed by atoms with Gasteiger partial charge in [-0.15, -0.1) is 24.0 Å². The Morgan fingerprint density at radius 3 is 2.71 bits per heavy atom. The molecule has 0 spiro atoms. The van der Waals surface area contributed by atoms with Crippen LogP contribution in [0, 0.1) is 0 Å². The highest BCUT2D eigenvalue weighted by Gasteiger charge is 2.24. The van der Waals surface area contributed by atoms with Crippen LogP contribution < -0.4 is 11.1 Å². The molecule has 1 aromatic rings. The van der Waals surface area contributed by atoms with Crippen LogP contribution in [0.4, 0.5) is 0 Å². The molecule has 1 fully saturated rings. The predicted molar refractivity (Wildman–Crippen MR) is 111 cm³/mol.